The van der Waals surface area contributed by atoms with Crippen LogP contribution in [0.25, 0.3) is 6.08 Å². The predicted octanol–water partition coefficient (Wildman–Crippen LogP) is 2.26. The first kappa shape index (κ1) is 17.3. The van der Waals surface area contributed by atoms with Crippen LogP contribution in [0.2, 0.25) is 5.02 Å². The molecule has 2 N–H and O–H groups in total. The Balaban J connectivity index is 2.84. The largest absolute Gasteiger partial charge is 0.493 e. The van der Waals surface area contributed by atoms with E-state index in [0.29, 0.717) is 28.7 Å². The smallest absolute Gasteiger partial charge is 0.244 e. The number of amides is 1. The molecule has 0 radical (unpaired) electrons. The van der Waals surface area contributed by atoms with Gasteiger partial charge in [-0.3, -0.25) is 4.79 Å². The second-order valence-electron chi connectivity index (χ2n) is 4.39. The first-order valence-corrected chi connectivity index (χ1v) is 7.00. The van der Waals surface area contributed by atoms with Gasteiger partial charge < -0.3 is 19.9 Å². The number of nitrogens with one attached hydrogen (secondary N) is 1. The van der Waals surface area contributed by atoms with Crippen molar-refractivity contribution < 1.29 is 19.4 Å². The van der Waals surface area contributed by atoms with Gasteiger partial charge in [0.05, 0.1) is 24.8 Å². The average molecular weight is 314 g/mol. The lowest BCUT2D eigenvalue weighted by Crippen LogP contribution is -2.28. The Bertz CT molecular complexity index is 515. The summed E-state index contributed by atoms with van der Waals surface area (Å²) in [6.07, 6.45) is 2.40. The Morgan fingerprint density at radius 1 is 1.52 bits per heavy atom. The quantitative estimate of drug-likeness (QED) is 0.758. The fourth-order valence-corrected chi connectivity index (χ4v) is 1.87. The van der Waals surface area contributed by atoms with Gasteiger partial charge in [0, 0.05) is 12.6 Å². The number of hydrogen-bond acceptors (Lipinski definition) is 4. The molecule has 1 unspecified atom stereocenters. The van der Waals surface area contributed by atoms with Crippen molar-refractivity contribution in [1.82, 2.24) is 5.32 Å². The molecule has 0 fully saturated rings. The Morgan fingerprint density at radius 3 is 2.81 bits per heavy atom. The Kier molecular flexibility index (Phi) is 7.05. The van der Waals surface area contributed by atoms with Crippen molar-refractivity contribution in [2.45, 2.75) is 20.0 Å². The zero-order valence-corrected chi connectivity index (χ0v) is 13.1. The molecular formula is C15H20ClNO4. The zero-order chi connectivity index (χ0) is 15.8. The summed E-state index contributed by atoms with van der Waals surface area (Å²) in [6, 6.07) is 3.42. The molecule has 6 heteroatoms. The van der Waals surface area contributed by atoms with Gasteiger partial charge in [-0.25, -0.2) is 0 Å². The van der Waals surface area contributed by atoms with E-state index >= 15 is 0 Å². The van der Waals surface area contributed by atoms with Gasteiger partial charge in [-0.05, 0) is 37.6 Å². The van der Waals surface area contributed by atoms with Crippen LogP contribution in [-0.4, -0.2) is 37.4 Å². The average Bonchev–Trinajstić information content (AvgIpc) is 2.45. The van der Waals surface area contributed by atoms with E-state index in [4.69, 9.17) is 26.2 Å². The van der Waals surface area contributed by atoms with Crippen LogP contribution in [0, 0.1) is 0 Å². The molecule has 116 valence electrons. The third-order valence-corrected chi connectivity index (χ3v) is 2.82. The van der Waals surface area contributed by atoms with Crippen molar-refractivity contribution in [2.75, 3.05) is 20.3 Å². The molecule has 0 spiro atoms. The lowest BCUT2D eigenvalue weighted by atomic mass is 10.2. The Labute approximate surface area is 129 Å². The van der Waals surface area contributed by atoms with Crippen molar-refractivity contribution in [3.05, 3.63) is 28.8 Å². The minimum atomic E-state index is -0.581. The van der Waals surface area contributed by atoms with Gasteiger partial charge in [0.15, 0.2) is 11.5 Å². The molecule has 0 bridgehead atoms. The van der Waals surface area contributed by atoms with E-state index in [2.05, 4.69) is 5.32 Å². The number of carbonyl (C=O) groups excluding carboxylic acids is 1. The van der Waals surface area contributed by atoms with Gasteiger partial charge in [-0.15, -0.1) is 0 Å². The fraction of sp³-hybridized carbons (Fsp3) is 0.400. The van der Waals surface area contributed by atoms with E-state index in [1.54, 1.807) is 25.1 Å². The summed E-state index contributed by atoms with van der Waals surface area (Å²) in [5.74, 6) is 0.700. The van der Waals surface area contributed by atoms with Gasteiger partial charge in [0.1, 0.15) is 0 Å². The van der Waals surface area contributed by atoms with Crippen molar-refractivity contribution in [1.29, 1.82) is 0 Å². The van der Waals surface area contributed by atoms with E-state index in [1.165, 1.54) is 13.2 Å². The zero-order valence-electron chi connectivity index (χ0n) is 12.4. The number of aliphatic hydroxyl groups is 1. The molecule has 1 aromatic rings. The lowest BCUT2D eigenvalue weighted by molar-refractivity contribution is -0.116. The highest BCUT2D eigenvalue weighted by Gasteiger charge is 2.10. The van der Waals surface area contributed by atoms with Crippen LogP contribution in [-0.2, 0) is 4.79 Å². The molecule has 0 aromatic heterocycles. The second-order valence-corrected chi connectivity index (χ2v) is 4.80. The maximum atomic E-state index is 11.5. The summed E-state index contributed by atoms with van der Waals surface area (Å²) in [5, 5.41) is 12.1. The fourth-order valence-electron chi connectivity index (χ4n) is 1.60. The van der Waals surface area contributed by atoms with Crippen molar-refractivity contribution >= 4 is 23.6 Å². The summed E-state index contributed by atoms with van der Waals surface area (Å²) >= 11 is 6.14. The summed E-state index contributed by atoms with van der Waals surface area (Å²) in [4.78, 5) is 11.5. The number of methoxy groups -OCH3 is 1. The number of hydrogen-bond donors (Lipinski definition) is 2. The summed E-state index contributed by atoms with van der Waals surface area (Å²) in [5.41, 5.74) is 0.715. The van der Waals surface area contributed by atoms with E-state index in [0.717, 1.165) is 0 Å². The number of halogens is 1. The van der Waals surface area contributed by atoms with Gasteiger partial charge in [0.25, 0.3) is 0 Å². The van der Waals surface area contributed by atoms with Gasteiger partial charge >= 0.3 is 0 Å². The molecular weight excluding hydrogens is 294 g/mol. The van der Waals surface area contributed by atoms with Gasteiger partial charge in [0.2, 0.25) is 5.91 Å². The van der Waals surface area contributed by atoms with Gasteiger partial charge in [-0.1, -0.05) is 11.6 Å². The van der Waals surface area contributed by atoms with E-state index < -0.39 is 6.10 Å². The molecule has 1 rings (SSSR count). The highest BCUT2D eigenvalue weighted by atomic mass is 35.5. The molecule has 1 atom stereocenters. The molecule has 5 nitrogen and oxygen atoms in total. The molecule has 0 aliphatic carbocycles. The third kappa shape index (κ3) is 5.65. The van der Waals surface area contributed by atoms with Crippen LogP contribution >= 0.6 is 11.6 Å². The number of aliphatic hydroxyl groups excluding tert-OH is 1. The SMILES string of the molecule is CCOc1c(Cl)cc(/C=C/C(=O)NCC(C)O)cc1OC. The van der Waals surface area contributed by atoms with Crippen LogP contribution in [0.5, 0.6) is 11.5 Å². The van der Waals surface area contributed by atoms with E-state index in [9.17, 15) is 4.79 Å². The molecule has 21 heavy (non-hydrogen) atoms. The highest BCUT2D eigenvalue weighted by molar-refractivity contribution is 6.32. The Morgan fingerprint density at radius 2 is 2.24 bits per heavy atom. The normalized spacial score (nSPS) is 12.2. The number of rotatable bonds is 7. The number of carbonyl (C=O) groups is 1. The van der Waals surface area contributed by atoms with Crippen LogP contribution in [0.4, 0.5) is 0 Å². The molecule has 1 aromatic carbocycles. The first-order valence-electron chi connectivity index (χ1n) is 6.62. The predicted molar refractivity (Wildman–Crippen MR) is 82.9 cm³/mol. The number of ether oxygens (including phenoxy) is 2. The maximum absolute atomic E-state index is 11.5. The Hall–Kier alpha value is -1.72. The van der Waals surface area contributed by atoms with Crippen molar-refractivity contribution in [3.8, 4) is 11.5 Å². The minimum absolute atomic E-state index is 0.205. The first-order chi connectivity index (χ1) is 9.97. The molecule has 0 aliphatic rings. The molecule has 0 aliphatic heterocycles. The molecule has 1 amide bonds. The summed E-state index contributed by atoms with van der Waals surface area (Å²) in [7, 11) is 1.52. The van der Waals surface area contributed by atoms with Crippen LogP contribution in [0.15, 0.2) is 18.2 Å². The summed E-state index contributed by atoms with van der Waals surface area (Å²) < 4.78 is 10.6. The highest BCUT2D eigenvalue weighted by Crippen LogP contribution is 2.36. The second kappa shape index (κ2) is 8.54. The van der Waals surface area contributed by atoms with Crippen LogP contribution in [0.1, 0.15) is 19.4 Å². The topological polar surface area (TPSA) is 67.8 Å². The van der Waals surface area contributed by atoms with Gasteiger partial charge in [-0.2, -0.15) is 0 Å². The monoisotopic (exact) mass is 313 g/mol. The lowest BCUT2D eigenvalue weighted by Gasteiger charge is -2.11. The number of benzene rings is 1. The van der Waals surface area contributed by atoms with Crippen molar-refractivity contribution in [3.63, 3.8) is 0 Å². The molecule has 0 saturated heterocycles. The minimum Gasteiger partial charge on any atom is -0.493 e. The van der Waals surface area contributed by atoms with E-state index in [-0.39, 0.29) is 12.5 Å². The maximum Gasteiger partial charge on any atom is 0.244 e. The van der Waals surface area contributed by atoms with E-state index in [1.807, 2.05) is 6.92 Å². The van der Waals surface area contributed by atoms with Crippen molar-refractivity contribution in [2.24, 2.45) is 0 Å². The molecule has 0 heterocycles. The van der Waals surface area contributed by atoms with Crippen LogP contribution in [0.3, 0.4) is 0 Å². The molecule has 0 saturated carbocycles. The summed E-state index contributed by atoms with van der Waals surface area (Å²) in [6.45, 7) is 4.14. The standard InChI is InChI=1S/C15H20ClNO4/c1-4-21-15-12(16)7-11(8-13(15)20-3)5-6-14(19)17-9-10(2)18/h5-8,10,18H,4,9H2,1-3H3,(H,17,19)/b6-5+. The van der Waals surface area contributed by atoms with Crippen LogP contribution < -0.4 is 14.8 Å². The third-order valence-electron chi connectivity index (χ3n) is 2.54.